The minimum atomic E-state index is -3.69. The lowest BCUT2D eigenvalue weighted by Crippen LogP contribution is -2.29. The van der Waals surface area contributed by atoms with E-state index < -0.39 is 10.0 Å². The fraction of sp³-hybridized carbons (Fsp3) is 0.208. The molecule has 0 saturated heterocycles. The monoisotopic (exact) mass is 470 g/mol. The van der Waals surface area contributed by atoms with E-state index in [1.165, 1.54) is 10.4 Å². The first-order valence-electron chi connectivity index (χ1n) is 10.2. The third kappa shape index (κ3) is 4.45. The molecule has 0 saturated carbocycles. The van der Waals surface area contributed by atoms with Gasteiger partial charge in [-0.15, -0.1) is 0 Å². The van der Waals surface area contributed by atoms with Gasteiger partial charge in [-0.3, -0.25) is 9.10 Å². The minimum absolute atomic E-state index is 0.193. The van der Waals surface area contributed by atoms with Gasteiger partial charge in [-0.05, 0) is 73.4 Å². The summed E-state index contributed by atoms with van der Waals surface area (Å²) in [6.45, 7) is 3.83. The van der Waals surface area contributed by atoms with Gasteiger partial charge in [0.1, 0.15) is 5.75 Å². The average molecular weight is 471 g/mol. The van der Waals surface area contributed by atoms with Gasteiger partial charge in [-0.1, -0.05) is 35.9 Å². The van der Waals surface area contributed by atoms with E-state index in [9.17, 15) is 13.2 Å². The Morgan fingerprint density at radius 3 is 2.62 bits per heavy atom. The SMILES string of the molecule is Cc1ccc(Cl)cc1NC(=O)COc1ccc(S(=O)(=O)N2CCc3ccccc32)cc1C. The summed E-state index contributed by atoms with van der Waals surface area (Å²) in [6.07, 6.45) is 0.691. The third-order valence-corrected chi connectivity index (χ3v) is 7.46. The Morgan fingerprint density at radius 2 is 1.84 bits per heavy atom. The maximum atomic E-state index is 13.2. The number of halogens is 1. The number of amides is 1. The van der Waals surface area contributed by atoms with Crippen molar-refractivity contribution < 1.29 is 17.9 Å². The number of rotatable bonds is 6. The summed E-state index contributed by atoms with van der Waals surface area (Å²) < 4.78 is 33.5. The number of hydrogen-bond donors (Lipinski definition) is 1. The molecule has 6 nitrogen and oxygen atoms in total. The van der Waals surface area contributed by atoms with Crippen LogP contribution in [0.4, 0.5) is 11.4 Å². The highest BCUT2D eigenvalue weighted by molar-refractivity contribution is 7.92. The lowest BCUT2D eigenvalue weighted by Gasteiger charge is -2.20. The van der Waals surface area contributed by atoms with E-state index in [-0.39, 0.29) is 17.4 Å². The second kappa shape index (κ2) is 8.84. The third-order valence-electron chi connectivity index (χ3n) is 5.41. The first-order valence-corrected chi connectivity index (χ1v) is 12.0. The number of anilines is 2. The number of fused-ring (bicyclic) bond motifs is 1. The van der Waals surface area contributed by atoms with Crippen LogP contribution in [0.25, 0.3) is 0 Å². The van der Waals surface area contributed by atoms with Crippen LogP contribution in [-0.2, 0) is 21.2 Å². The summed E-state index contributed by atoms with van der Waals surface area (Å²) in [7, 11) is -3.69. The molecule has 1 amide bonds. The molecule has 1 aliphatic heterocycles. The maximum absolute atomic E-state index is 13.2. The number of hydrogen-bond acceptors (Lipinski definition) is 4. The van der Waals surface area contributed by atoms with Gasteiger partial charge in [0.05, 0.1) is 10.6 Å². The first-order chi connectivity index (χ1) is 15.3. The highest BCUT2D eigenvalue weighted by atomic mass is 35.5. The number of benzene rings is 3. The Bertz CT molecular complexity index is 1290. The summed E-state index contributed by atoms with van der Waals surface area (Å²) in [4.78, 5) is 12.5. The van der Waals surface area contributed by atoms with Gasteiger partial charge in [-0.25, -0.2) is 8.42 Å². The van der Waals surface area contributed by atoms with Crippen molar-refractivity contribution in [3.8, 4) is 5.75 Å². The van der Waals surface area contributed by atoms with Gasteiger partial charge in [0.25, 0.3) is 15.9 Å². The van der Waals surface area contributed by atoms with E-state index in [2.05, 4.69) is 5.32 Å². The molecule has 4 rings (SSSR count). The Kier molecular flexibility index (Phi) is 6.13. The second-order valence-electron chi connectivity index (χ2n) is 7.68. The molecule has 3 aromatic carbocycles. The van der Waals surface area contributed by atoms with E-state index in [0.29, 0.717) is 35.0 Å². The number of carbonyl (C=O) groups is 1. The Labute approximate surface area is 192 Å². The molecule has 0 fully saturated rings. The summed E-state index contributed by atoms with van der Waals surface area (Å²) in [5.41, 5.74) is 3.88. The van der Waals surface area contributed by atoms with Crippen LogP contribution in [0.2, 0.25) is 5.02 Å². The van der Waals surface area contributed by atoms with Gasteiger partial charge >= 0.3 is 0 Å². The lowest BCUT2D eigenvalue weighted by atomic mass is 10.2. The standard InChI is InChI=1S/C24H23ClN2O4S/c1-16-7-8-19(25)14-21(16)26-24(28)15-31-23-10-9-20(13-17(23)2)32(29,30)27-12-11-18-5-3-4-6-22(18)27/h3-10,13-14H,11-12,15H2,1-2H3,(H,26,28). The zero-order chi connectivity index (χ0) is 22.9. The van der Waals surface area contributed by atoms with E-state index in [1.807, 2.05) is 37.3 Å². The quantitative estimate of drug-likeness (QED) is 0.565. The first kappa shape index (κ1) is 22.2. The average Bonchev–Trinajstić information content (AvgIpc) is 3.20. The van der Waals surface area contributed by atoms with Crippen LogP contribution in [0.5, 0.6) is 5.75 Å². The predicted molar refractivity (Wildman–Crippen MR) is 126 cm³/mol. The smallest absolute Gasteiger partial charge is 0.264 e. The van der Waals surface area contributed by atoms with Gasteiger partial charge in [0, 0.05) is 17.3 Å². The van der Waals surface area contributed by atoms with Gasteiger partial charge < -0.3 is 10.1 Å². The van der Waals surface area contributed by atoms with Crippen LogP contribution in [0, 0.1) is 13.8 Å². The van der Waals surface area contributed by atoms with Crippen molar-refractivity contribution in [1.29, 1.82) is 0 Å². The Hall–Kier alpha value is -3.03. The number of sulfonamides is 1. The van der Waals surface area contributed by atoms with E-state index in [0.717, 1.165) is 16.8 Å². The largest absolute Gasteiger partial charge is 0.483 e. The molecular formula is C24H23ClN2O4S. The van der Waals surface area contributed by atoms with Crippen LogP contribution in [0.3, 0.4) is 0 Å². The topological polar surface area (TPSA) is 75.7 Å². The molecule has 1 N–H and O–H groups in total. The fourth-order valence-corrected chi connectivity index (χ4v) is 5.45. The van der Waals surface area contributed by atoms with Crippen molar-refractivity contribution in [2.45, 2.75) is 25.2 Å². The minimum Gasteiger partial charge on any atom is -0.483 e. The molecule has 166 valence electrons. The Morgan fingerprint density at radius 1 is 1.06 bits per heavy atom. The molecule has 1 aliphatic rings. The number of aryl methyl sites for hydroxylation is 2. The van der Waals surface area contributed by atoms with Gasteiger partial charge in [0.2, 0.25) is 0 Å². The summed E-state index contributed by atoms with van der Waals surface area (Å²) in [6, 6.07) is 17.4. The Balaban J connectivity index is 1.45. The van der Waals surface area contributed by atoms with E-state index >= 15 is 0 Å². The maximum Gasteiger partial charge on any atom is 0.264 e. The predicted octanol–water partition coefficient (Wildman–Crippen LogP) is 4.73. The summed E-state index contributed by atoms with van der Waals surface area (Å²) in [5, 5.41) is 3.30. The van der Waals surface area contributed by atoms with Gasteiger partial charge in [0.15, 0.2) is 6.61 Å². The fourth-order valence-electron chi connectivity index (χ4n) is 3.69. The highest BCUT2D eigenvalue weighted by Crippen LogP contribution is 2.33. The number of nitrogens with one attached hydrogen (secondary N) is 1. The zero-order valence-corrected chi connectivity index (χ0v) is 19.3. The molecule has 0 spiro atoms. The molecular weight excluding hydrogens is 448 g/mol. The number of nitrogens with zero attached hydrogens (tertiary/aromatic N) is 1. The zero-order valence-electron chi connectivity index (χ0n) is 17.8. The number of para-hydroxylation sites is 1. The van der Waals surface area contributed by atoms with Crippen molar-refractivity contribution in [3.05, 3.63) is 82.4 Å². The van der Waals surface area contributed by atoms with Crippen LogP contribution in [-0.4, -0.2) is 27.5 Å². The molecule has 32 heavy (non-hydrogen) atoms. The molecule has 3 aromatic rings. The van der Waals surface area contributed by atoms with Gasteiger partial charge in [-0.2, -0.15) is 0 Å². The highest BCUT2D eigenvalue weighted by Gasteiger charge is 2.30. The molecule has 8 heteroatoms. The molecule has 0 aliphatic carbocycles. The van der Waals surface area contributed by atoms with Crippen LogP contribution in [0.15, 0.2) is 65.6 Å². The lowest BCUT2D eigenvalue weighted by molar-refractivity contribution is -0.118. The molecule has 1 heterocycles. The van der Waals surface area contributed by atoms with Crippen LogP contribution in [0.1, 0.15) is 16.7 Å². The molecule has 0 aromatic heterocycles. The van der Waals surface area contributed by atoms with Crippen LogP contribution < -0.4 is 14.4 Å². The summed E-state index contributed by atoms with van der Waals surface area (Å²) in [5.74, 6) is 0.115. The van der Waals surface area contributed by atoms with Crippen molar-refractivity contribution in [2.24, 2.45) is 0 Å². The van der Waals surface area contributed by atoms with Crippen molar-refractivity contribution >= 4 is 38.9 Å². The van der Waals surface area contributed by atoms with Crippen molar-refractivity contribution in [2.75, 3.05) is 22.8 Å². The van der Waals surface area contributed by atoms with E-state index in [4.69, 9.17) is 16.3 Å². The molecule has 0 atom stereocenters. The van der Waals surface area contributed by atoms with Crippen LogP contribution >= 0.6 is 11.6 Å². The second-order valence-corrected chi connectivity index (χ2v) is 9.98. The molecule has 0 radical (unpaired) electrons. The van der Waals surface area contributed by atoms with E-state index in [1.54, 1.807) is 31.2 Å². The normalized spacial score (nSPS) is 13.0. The number of ether oxygens (including phenoxy) is 1. The van der Waals surface area contributed by atoms with Crippen molar-refractivity contribution in [1.82, 2.24) is 0 Å². The van der Waals surface area contributed by atoms with Crippen molar-refractivity contribution in [3.63, 3.8) is 0 Å². The summed E-state index contributed by atoms with van der Waals surface area (Å²) >= 11 is 5.99. The number of carbonyl (C=O) groups excluding carboxylic acids is 1. The molecule has 0 bridgehead atoms. The molecule has 0 unspecified atom stereocenters.